The molecule has 216 valence electrons. The zero-order valence-electron chi connectivity index (χ0n) is 23.7. The third-order valence-corrected chi connectivity index (χ3v) is 7.76. The van der Waals surface area contributed by atoms with E-state index in [0.717, 1.165) is 40.4 Å². The number of ether oxygens (including phenoxy) is 2. The van der Waals surface area contributed by atoms with Crippen LogP contribution in [0, 0.1) is 0 Å². The van der Waals surface area contributed by atoms with Crippen LogP contribution in [0.3, 0.4) is 0 Å². The Hall–Kier alpha value is -5.59. The zero-order chi connectivity index (χ0) is 30.5. The van der Waals surface area contributed by atoms with Crippen molar-refractivity contribution in [1.29, 1.82) is 0 Å². The van der Waals surface area contributed by atoms with Crippen molar-refractivity contribution in [3.05, 3.63) is 143 Å². The second kappa shape index (κ2) is 12.7. The SMILES string of the molecule is O=Cc1ccccc1COc1c(C=O)cc2ccccc2c1-c1c(OCc2ccccc2C=O)c(CO)cc2ccccc12. The molecule has 6 nitrogen and oxygen atoms in total. The van der Waals surface area contributed by atoms with Crippen LogP contribution < -0.4 is 9.47 Å². The summed E-state index contributed by atoms with van der Waals surface area (Å²) in [4.78, 5) is 36.1. The lowest BCUT2D eigenvalue weighted by molar-refractivity contribution is 0.111. The van der Waals surface area contributed by atoms with E-state index in [0.29, 0.717) is 56.0 Å². The largest absolute Gasteiger partial charge is 0.488 e. The van der Waals surface area contributed by atoms with Crippen molar-refractivity contribution in [2.24, 2.45) is 0 Å². The summed E-state index contributed by atoms with van der Waals surface area (Å²) in [5, 5.41) is 13.9. The molecule has 0 saturated carbocycles. The molecule has 0 spiro atoms. The van der Waals surface area contributed by atoms with E-state index in [-0.39, 0.29) is 19.8 Å². The molecule has 0 aliphatic rings. The Labute approximate surface area is 254 Å². The Morgan fingerprint density at radius 3 is 1.50 bits per heavy atom. The molecular weight excluding hydrogens is 552 g/mol. The van der Waals surface area contributed by atoms with E-state index < -0.39 is 0 Å². The molecule has 6 aromatic carbocycles. The average Bonchev–Trinajstić information content (AvgIpc) is 3.08. The molecule has 6 heteroatoms. The van der Waals surface area contributed by atoms with Gasteiger partial charge in [-0.05, 0) is 44.8 Å². The fraction of sp³-hybridized carbons (Fsp3) is 0.0789. The second-order valence-electron chi connectivity index (χ2n) is 10.3. The van der Waals surface area contributed by atoms with Gasteiger partial charge in [0.15, 0.2) is 6.29 Å². The van der Waals surface area contributed by atoms with Crippen LogP contribution >= 0.6 is 0 Å². The minimum atomic E-state index is -0.309. The fourth-order valence-electron chi connectivity index (χ4n) is 5.62. The van der Waals surface area contributed by atoms with Crippen molar-refractivity contribution in [3.8, 4) is 22.6 Å². The van der Waals surface area contributed by atoms with E-state index in [1.165, 1.54) is 0 Å². The number of fused-ring (bicyclic) bond motifs is 2. The predicted molar refractivity (Wildman–Crippen MR) is 171 cm³/mol. The first-order chi connectivity index (χ1) is 21.7. The standard InChI is InChI=1S/C38H28O6/c39-19-27-11-1-3-13-29(27)23-43-37-31(21-41)17-25-9-5-7-15-33(25)35(37)36-34-16-8-6-10-26(34)18-32(22-42)38(36)44-24-30-14-4-2-12-28(30)20-40/h1-21,42H,22-24H2. The van der Waals surface area contributed by atoms with Gasteiger partial charge in [-0.25, -0.2) is 0 Å². The molecule has 6 rings (SSSR count). The highest BCUT2D eigenvalue weighted by molar-refractivity contribution is 6.12. The average molecular weight is 581 g/mol. The van der Waals surface area contributed by atoms with Gasteiger partial charge in [0, 0.05) is 27.8 Å². The highest BCUT2D eigenvalue weighted by Gasteiger charge is 2.25. The molecule has 44 heavy (non-hydrogen) atoms. The van der Waals surface area contributed by atoms with Crippen molar-refractivity contribution < 1.29 is 29.0 Å². The quantitative estimate of drug-likeness (QED) is 0.158. The van der Waals surface area contributed by atoms with Gasteiger partial charge in [0.2, 0.25) is 0 Å². The molecule has 0 aliphatic heterocycles. The molecular formula is C38H28O6. The number of rotatable bonds is 11. The number of hydrogen-bond donors (Lipinski definition) is 1. The first kappa shape index (κ1) is 28.5. The minimum Gasteiger partial charge on any atom is -0.488 e. The number of carbonyl (C=O) groups excluding carboxylic acids is 3. The number of aliphatic hydroxyl groups excluding tert-OH is 1. The number of aldehydes is 3. The molecule has 1 N–H and O–H groups in total. The molecule has 0 fully saturated rings. The Bertz CT molecular complexity index is 2030. The van der Waals surface area contributed by atoms with Crippen LogP contribution in [0.1, 0.15) is 47.8 Å². The van der Waals surface area contributed by atoms with Crippen molar-refractivity contribution in [3.63, 3.8) is 0 Å². The summed E-state index contributed by atoms with van der Waals surface area (Å²) in [7, 11) is 0. The van der Waals surface area contributed by atoms with Crippen molar-refractivity contribution in [2.75, 3.05) is 0 Å². The maximum atomic E-state index is 12.6. The first-order valence-corrected chi connectivity index (χ1v) is 14.1. The molecule has 0 bridgehead atoms. The van der Waals surface area contributed by atoms with Gasteiger partial charge >= 0.3 is 0 Å². The van der Waals surface area contributed by atoms with Gasteiger partial charge in [-0.3, -0.25) is 14.4 Å². The van der Waals surface area contributed by atoms with Crippen LogP contribution in [0.2, 0.25) is 0 Å². The molecule has 0 heterocycles. The lowest BCUT2D eigenvalue weighted by atomic mass is 9.89. The van der Waals surface area contributed by atoms with E-state index in [2.05, 4.69) is 0 Å². The van der Waals surface area contributed by atoms with Gasteiger partial charge in [0.25, 0.3) is 0 Å². The lowest BCUT2D eigenvalue weighted by Gasteiger charge is -2.23. The topological polar surface area (TPSA) is 89.9 Å². The predicted octanol–water partition coefficient (Wildman–Crippen LogP) is 7.75. The lowest BCUT2D eigenvalue weighted by Crippen LogP contribution is -2.06. The summed E-state index contributed by atoms with van der Waals surface area (Å²) in [6.45, 7) is -0.195. The molecule has 0 radical (unpaired) electrons. The van der Waals surface area contributed by atoms with Crippen LogP contribution in [0.25, 0.3) is 32.7 Å². The Kier molecular flexibility index (Phi) is 8.25. The van der Waals surface area contributed by atoms with Gasteiger partial charge in [-0.2, -0.15) is 0 Å². The molecule has 0 unspecified atom stereocenters. The van der Waals surface area contributed by atoms with E-state index in [4.69, 9.17) is 9.47 Å². The molecule has 0 aliphatic carbocycles. The van der Waals surface area contributed by atoms with Gasteiger partial charge in [0.1, 0.15) is 37.3 Å². The summed E-state index contributed by atoms with van der Waals surface area (Å²) >= 11 is 0. The second-order valence-corrected chi connectivity index (χ2v) is 10.3. The maximum absolute atomic E-state index is 12.6. The smallest absolute Gasteiger partial charge is 0.153 e. The third-order valence-electron chi connectivity index (χ3n) is 7.76. The number of hydrogen-bond acceptors (Lipinski definition) is 6. The molecule has 0 atom stereocenters. The summed E-state index contributed by atoms with van der Waals surface area (Å²) in [6, 6.07) is 33.4. The molecule has 0 amide bonds. The molecule has 0 saturated heterocycles. The van der Waals surface area contributed by atoms with Gasteiger partial charge in [-0.1, -0.05) is 97.1 Å². The van der Waals surface area contributed by atoms with Crippen LogP contribution in [-0.4, -0.2) is 24.0 Å². The Morgan fingerprint density at radius 2 is 0.955 bits per heavy atom. The number of benzene rings is 6. The third kappa shape index (κ3) is 5.35. The normalized spacial score (nSPS) is 10.9. The van der Waals surface area contributed by atoms with E-state index >= 15 is 0 Å². The highest BCUT2D eigenvalue weighted by Crippen LogP contribution is 2.48. The summed E-state index contributed by atoms with van der Waals surface area (Å²) in [5.74, 6) is 0.746. The van der Waals surface area contributed by atoms with E-state index in [1.807, 2.05) is 78.9 Å². The van der Waals surface area contributed by atoms with Crippen molar-refractivity contribution in [1.82, 2.24) is 0 Å². The Morgan fingerprint density at radius 1 is 0.500 bits per heavy atom. The van der Waals surface area contributed by atoms with Gasteiger partial charge in [0.05, 0.1) is 12.2 Å². The van der Waals surface area contributed by atoms with E-state index in [1.54, 1.807) is 30.3 Å². The van der Waals surface area contributed by atoms with Gasteiger partial charge in [-0.15, -0.1) is 0 Å². The maximum Gasteiger partial charge on any atom is 0.153 e. The van der Waals surface area contributed by atoms with Crippen LogP contribution in [-0.2, 0) is 19.8 Å². The number of carbonyl (C=O) groups is 3. The fourth-order valence-corrected chi connectivity index (χ4v) is 5.62. The van der Waals surface area contributed by atoms with Crippen LogP contribution in [0.4, 0.5) is 0 Å². The van der Waals surface area contributed by atoms with Crippen molar-refractivity contribution >= 4 is 40.4 Å². The summed E-state index contributed by atoms with van der Waals surface area (Å²) < 4.78 is 13.0. The molecule has 6 aromatic rings. The minimum absolute atomic E-state index is 0.0433. The zero-order valence-corrected chi connectivity index (χ0v) is 23.7. The monoisotopic (exact) mass is 580 g/mol. The van der Waals surface area contributed by atoms with Gasteiger partial charge < -0.3 is 14.6 Å². The first-order valence-electron chi connectivity index (χ1n) is 14.1. The van der Waals surface area contributed by atoms with Crippen molar-refractivity contribution in [2.45, 2.75) is 19.8 Å². The van der Waals surface area contributed by atoms with Crippen LogP contribution in [0.5, 0.6) is 11.5 Å². The van der Waals surface area contributed by atoms with E-state index in [9.17, 15) is 19.5 Å². The highest BCUT2D eigenvalue weighted by atomic mass is 16.5. The molecule has 0 aromatic heterocycles. The summed E-state index contributed by atoms with van der Waals surface area (Å²) in [5.41, 5.74) is 4.51. The van der Waals surface area contributed by atoms with Crippen LogP contribution in [0.15, 0.2) is 109 Å². The Balaban J connectivity index is 1.64. The number of aliphatic hydroxyl groups is 1. The summed E-state index contributed by atoms with van der Waals surface area (Å²) in [6.07, 6.45) is 2.33.